The molecule has 1 heterocycles. The number of carbonyl (C=O) groups excluding carboxylic acids is 1. The highest BCUT2D eigenvalue weighted by atomic mass is 35.5. The van der Waals surface area contributed by atoms with E-state index in [1.165, 1.54) is 18.7 Å². The topological polar surface area (TPSA) is 65.8 Å². The van der Waals surface area contributed by atoms with E-state index in [-0.39, 0.29) is 17.5 Å². The SMILES string of the molecule is N#CC(NC(=O)c1cc(Cl)ccn1)C1CCCCC1. The van der Waals surface area contributed by atoms with Gasteiger partial charge in [-0.1, -0.05) is 30.9 Å². The molecule has 5 heteroatoms. The second-order valence-electron chi connectivity index (χ2n) is 4.84. The molecule has 0 saturated heterocycles. The number of amides is 1. The summed E-state index contributed by atoms with van der Waals surface area (Å²) in [6.07, 6.45) is 6.98. The Balaban J connectivity index is 2.02. The lowest BCUT2D eigenvalue weighted by Crippen LogP contribution is -2.40. The van der Waals surface area contributed by atoms with Crippen LogP contribution in [0.5, 0.6) is 0 Å². The maximum Gasteiger partial charge on any atom is 0.270 e. The van der Waals surface area contributed by atoms with Gasteiger partial charge in [-0.2, -0.15) is 5.26 Å². The highest BCUT2D eigenvalue weighted by Gasteiger charge is 2.25. The van der Waals surface area contributed by atoms with Gasteiger partial charge in [0.05, 0.1) is 6.07 Å². The van der Waals surface area contributed by atoms with Crippen molar-refractivity contribution in [3.63, 3.8) is 0 Å². The van der Waals surface area contributed by atoms with Crippen molar-refractivity contribution < 1.29 is 4.79 Å². The number of pyridine rings is 1. The number of aromatic nitrogens is 1. The van der Waals surface area contributed by atoms with Gasteiger partial charge in [-0.05, 0) is 30.9 Å². The van der Waals surface area contributed by atoms with Gasteiger partial charge in [0.2, 0.25) is 0 Å². The van der Waals surface area contributed by atoms with Gasteiger partial charge in [0.15, 0.2) is 0 Å². The zero-order valence-electron chi connectivity index (χ0n) is 10.6. The minimum absolute atomic E-state index is 0.252. The Kier molecular flexibility index (Phi) is 4.75. The molecule has 19 heavy (non-hydrogen) atoms. The Bertz CT molecular complexity index is 492. The molecular formula is C14H16ClN3O. The highest BCUT2D eigenvalue weighted by Crippen LogP contribution is 2.26. The molecule has 0 aromatic carbocycles. The molecule has 1 amide bonds. The fraction of sp³-hybridized carbons (Fsp3) is 0.500. The van der Waals surface area contributed by atoms with Crippen LogP contribution in [0.2, 0.25) is 5.02 Å². The average Bonchev–Trinajstić information content (AvgIpc) is 2.45. The van der Waals surface area contributed by atoms with Crippen LogP contribution < -0.4 is 5.32 Å². The predicted octanol–water partition coefficient (Wildman–Crippen LogP) is 2.94. The summed E-state index contributed by atoms with van der Waals surface area (Å²) < 4.78 is 0. The Hall–Kier alpha value is -1.60. The van der Waals surface area contributed by atoms with Crippen molar-refractivity contribution in [3.05, 3.63) is 29.0 Å². The molecule has 1 N–H and O–H groups in total. The van der Waals surface area contributed by atoms with E-state index in [0.29, 0.717) is 5.02 Å². The standard InChI is InChI=1S/C14H16ClN3O/c15-11-6-7-17-12(8-11)14(19)18-13(9-16)10-4-2-1-3-5-10/h6-8,10,13H,1-5H2,(H,18,19). The Morgan fingerprint density at radius 3 is 2.84 bits per heavy atom. The van der Waals surface area contributed by atoms with Crippen LogP contribution in [0.15, 0.2) is 18.3 Å². The predicted molar refractivity (Wildman–Crippen MR) is 72.7 cm³/mol. The lowest BCUT2D eigenvalue weighted by Gasteiger charge is -2.26. The van der Waals surface area contributed by atoms with E-state index in [1.807, 2.05) is 0 Å². The Morgan fingerprint density at radius 2 is 2.21 bits per heavy atom. The third-order valence-corrected chi connectivity index (χ3v) is 3.74. The van der Waals surface area contributed by atoms with Crippen molar-refractivity contribution in [2.45, 2.75) is 38.1 Å². The van der Waals surface area contributed by atoms with Gasteiger partial charge in [0.1, 0.15) is 11.7 Å². The minimum atomic E-state index is -0.436. The number of hydrogen-bond acceptors (Lipinski definition) is 3. The zero-order valence-corrected chi connectivity index (χ0v) is 11.4. The number of carbonyl (C=O) groups is 1. The van der Waals surface area contributed by atoms with Crippen LogP contribution in [0.3, 0.4) is 0 Å². The molecule has 1 aliphatic carbocycles. The lowest BCUT2D eigenvalue weighted by atomic mass is 9.84. The monoisotopic (exact) mass is 277 g/mol. The van der Waals surface area contributed by atoms with Crippen molar-refractivity contribution in [3.8, 4) is 6.07 Å². The summed E-state index contributed by atoms with van der Waals surface area (Å²) in [5.41, 5.74) is 0.253. The maximum atomic E-state index is 12.0. The first-order valence-electron chi connectivity index (χ1n) is 6.53. The number of hydrogen-bond donors (Lipinski definition) is 1. The molecule has 4 nitrogen and oxygen atoms in total. The van der Waals surface area contributed by atoms with Crippen LogP contribution in [0.4, 0.5) is 0 Å². The second kappa shape index (κ2) is 6.53. The summed E-state index contributed by atoms with van der Waals surface area (Å²) in [6, 6.07) is 4.88. The average molecular weight is 278 g/mol. The van der Waals surface area contributed by atoms with Crippen molar-refractivity contribution in [2.24, 2.45) is 5.92 Å². The molecule has 1 atom stereocenters. The summed E-state index contributed by atoms with van der Waals surface area (Å²) in [6.45, 7) is 0. The highest BCUT2D eigenvalue weighted by molar-refractivity contribution is 6.30. The van der Waals surface area contributed by atoms with Crippen LogP contribution in [-0.2, 0) is 0 Å². The normalized spacial score (nSPS) is 17.5. The molecule has 1 fully saturated rings. The van der Waals surface area contributed by atoms with Gasteiger partial charge in [0, 0.05) is 11.2 Å². The van der Waals surface area contributed by atoms with Gasteiger partial charge in [0.25, 0.3) is 5.91 Å². The Labute approximate surface area is 117 Å². The summed E-state index contributed by atoms with van der Waals surface area (Å²) in [4.78, 5) is 16.0. The minimum Gasteiger partial charge on any atom is -0.335 e. The molecule has 0 radical (unpaired) electrons. The number of halogens is 1. The van der Waals surface area contributed by atoms with Crippen molar-refractivity contribution in [1.29, 1.82) is 5.26 Å². The first-order valence-corrected chi connectivity index (χ1v) is 6.90. The number of nitrogens with one attached hydrogen (secondary N) is 1. The van der Waals surface area contributed by atoms with Crippen LogP contribution in [-0.4, -0.2) is 16.9 Å². The molecule has 1 aromatic rings. The summed E-state index contributed by atoms with van der Waals surface area (Å²) in [5.74, 6) is -0.0819. The lowest BCUT2D eigenvalue weighted by molar-refractivity contribution is 0.0924. The molecule has 1 aromatic heterocycles. The van der Waals surface area contributed by atoms with Crippen molar-refractivity contribution in [2.75, 3.05) is 0 Å². The van der Waals surface area contributed by atoms with Gasteiger partial charge in [-0.15, -0.1) is 0 Å². The molecule has 1 saturated carbocycles. The van der Waals surface area contributed by atoms with Crippen LogP contribution in [0.25, 0.3) is 0 Å². The quantitative estimate of drug-likeness (QED) is 0.924. The van der Waals surface area contributed by atoms with E-state index in [0.717, 1.165) is 25.7 Å². The molecular weight excluding hydrogens is 262 g/mol. The second-order valence-corrected chi connectivity index (χ2v) is 5.27. The first-order chi connectivity index (χ1) is 9.20. The van der Waals surface area contributed by atoms with Crippen LogP contribution in [0.1, 0.15) is 42.6 Å². The zero-order chi connectivity index (χ0) is 13.7. The summed E-state index contributed by atoms with van der Waals surface area (Å²) in [5, 5.41) is 12.4. The molecule has 2 rings (SSSR count). The molecule has 0 spiro atoms. The molecule has 1 aliphatic rings. The van der Waals surface area contributed by atoms with Crippen LogP contribution >= 0.6 is 11.6 Å². The van der Waals surface area contributed by atoms with E-state index in [1.54, 1.807) is 6.07 Å². The van der Waals surface area contributed by atoms with Crippen molar-refractivity contribution in [1.82, 2.24) is 10.3 Å². The van der Waals surface area contributed by atoms with E-state index < -0.39 is 6.04 Å². The molecule has 1 unspecified atom stereocenters. The third kappa shape index (κ3) is 3.68. The van der Waals surface area contributed by atoms with E-state index >= 15 is 0 Å². The number of nitriles is 1. The smallest absolute Gasteiger partial charge is 0.270 e. The maximum absolute atomic E-state index is 12.0. The largest absolute Gasteiger partial charge is 0.335 e. The number of nitrogens with zero attached hydrogens (tertiary/aromatic N) is 2. The molecule has 100 valence electrons. The Morgan fingerprint density at radius 1 is 1.47 bits per heavy atom. The van der Waals surface area contributed by atoms with Crippen LogP contribution in [0, 0.1) is 17.2 Å². The summed E-state index contributed by atoms with van der Waals surface area (Å²) in [7, 11) is 0. The molecule has 0 aliphatic heterocycles. The number of rotatable bonds is 3. The van der Waals surface area contributed by atoms with E-state index in [9.17, 15) is 10.1 Å². The van der Waals surface area contributed by atoms with Crippen molar-refractivity contribution >= 4 is 17.5 Å². The molecule has 0 bridgehead atoms. The fourth-order valence-corrected chi connectivity index (χ4v) is 2.63. The van der Waals surface area contributed by atoms with Gasteiger partial charge in [-0.3, -0.25) is 9.78 Å². The van der Waals surface area contributed by atoms with Gasteiger partial charge >= 0.3 is 0 Å². The van der Waals surface area contributed by atoms with Gasteiger partial charge in [-0.25, -0.2) is 0 Å². The van der Waals surface area contributed by atoms with Gasteiger partial charge < -0.3 is 5.32 Å². The van der Waals surface area contributed by atoms with E-state index in [4.69, 9.17) is 11.6 Å². The fourth-order valence-electron chi connectivity index (χ4n) is 2.47. The van der Waals surface area contributed by atoms with E-state index in [2.05, 4.69) is 16.4 Å². The summed E-state index contributed by atoms with van der Waals surface area (Å²) >= 11 is 5.82. The first kappa shape index (κ1) is 13.8. The third-order valence-electron chi connectivity index (χ3n) is 3.50.